The Bertz CT molecular complexity index is 143. The standard InChI is InChI=1S/C13H27NS/c1-2-3-7-10-15-11-13(14)12-8-5-4-6-9-12/h12-13H,2-11,14H2,1H3. The Balaban J connectivity index is 1.99. The first-order valence-corrected chi connectivity index (χ1v) is 7.83. The number of nitrogens with two attached hydrogens (primary N) is 1. The minimum absolute atomic E-state index is 0.469. The Labute approximate surface area is 99.6 Å². The molecule has 1 saturated carbocycles. The number of unbranched alkanes of at least 4 members (excludes halogenated alkanes) is 2. The van der Waals surface area contributed by atoms with E-state index in [1.165, 1.54) is 62.9 Å². The van der Waals surface area contributed by atoms with Gasteiger partial charge in [0, 0.05) is 11.8 Å². The van der Waals surface area contributed by atoms with Crippen molar-refractivity contribution in [1.82, 2.24) is 0 Å². The maximum absolute atomic E-state index is 6.24. The lowest BCUT2D eigenvalue weighted by Crippen LogP contribution is -2.33. The Morgan fingerprint density at radius 3 is 2.60 bits per heavy atom. The Hall–Kier alpha value is 0.310. The van der Waals surface area contributed by atoms with E-state index in [2.05, 4.69) is 18.7 Å². The largest absolute Gasteiger partial charge is 0.327 e. The average Bonchev–Trinajstić information content (AvgIpc) is 2.30. The first-order valence-electron chi connectivity index (χ1n) is 6.68. The van der Waals surface area contributed by atoms with Crippen molar-refractivity contribution in [2.24, 2.45) is 11.7 Å². The van der Waals surface area contributed by atoms with Crippen LogP contribution in [0.2, 0.25) is 0 Å². The first-order chi connectivity index (χ1) is 7.34. The third-order valence-electron chi connectivity index (χ3n) is 3.46. The van der Waals surface area contributed by atoms with Crippen molar-refractivity contribution >= 4 is 11.8 Å². The van der Waals surface area contributed by atoms with E-state index in [-0.39, 0.29) is 0 Å². The molecule has 90 valence electrons. The van der Waals surface area contributed by atoms with Gasteiger partial charge in [-0.25, -0.2) is 0 Å². The molecule has 1 aliphatic carbocycles. The molecule has 0 spiro atoms. The third kappa shape index (κ3) is 5.82. The summed E-state index contributed by atoms with van der Waals surface area (Å²) in [5, 5.41) is 0. The molecule has 0 radical (unpaired) electrons. The maximum Gasteiger partial charge on any atom is 0.0158 e. The van der Waals surface area contributed by atoms with Gasteiger partial charge in [-0.1, -0.05) is 39.0 Å². The van der Waals surface area contributed by atoms with E-state index in [4.69, 9.17) is 5.73 Å². The lowest BCUT2D eigenvalue weighted by molar-refractivity contribution is 0.319. The molecule has 1 nitrogen and oxygen atoms in total. The summed E-state index contributed by atoms with van der Waals surface area (Å²) in [4.78, 5) is 0. The zero-order chi connectivity index (χ0) is 10.9. The molecule has 15 heavy (non-hydrogen) atoms. The van der Waals surface area contributed by atoms with E-state index < -0.39 is 0 Å². The molecule has 2 N–H and O–H groups in total. The Morgan fingerprint density at radius 1 is 1.20 bits per heavy atom. The van der Waals surface area contributed by atoms with Crippen molar-refractivity contribution in [1.29, 1.82) is 0 Å². The highest BCUT2D eigenvalue weighted by Gasteiger charge is 2.19. The summed E-state index contributed by atoms with van der Waals surface area (Å²) >= 11 is 2.07. The highest BCUT2D eigenvalue weighted by molar-refractivity contribution is 7.99. The first kappa shape index (κ1) is 13.4. The second-order valence-electron chi connectivity index (χ2n) is 4.84. The minimum atomic E-state index is 0.469. The van der Waals surface area contributed by atoms with E-state index in [0.717, 1.165) is 5.92 Å². The van der Waals surface area contributed by atoms with Crippen LogP contribution in [0.1, 0.15) is 58.3 Å². The molecule has 1 atom stereocenters. The molecule has 0 aromatic rings. The summed E-state index contributed by atoms with van der Waals surface area (Å²) < 4.78 is 0. The molecule has 2 heteroatoms. The molecule has 0 saturated heterocycles. The summed E-state index contributed by atoms with van der Waals surface area (Å²) in [6.45, 7) is 2.26. The molecule has 0 heterocycles. The van der Waals surface area contributed by atoms with Crippen molar-refractivity contribution in [3.63, 3.8) is 0 Å². The molecule has 0 aliphatic heterocycles. The zero-order valence-electron chi connectivity index (χ0n) is 10.2. The van der Waals surface area contributed by atoms with Crippen molar-refractivity contribution in [2.75, 3.05) is 11.5 Å². The van der Waals surface area contributed by atoms with Gasteiger partial charge in [-0.2, -0.15) is 11.8 Å². The predicted octanol–water partition coefficient (Wildman–Crippen LogP) is 3.82. The van der Waals surface area contributed by atoms with Crippen LogP contribution in [0.3, 0.4) is 0 Å². The summed E-state index contributed by atoms with van der Waals surface area (Å²) in [6, 6.07) is 0.469. The van der Waals surface area contributed by atoms with Crippen LogP contribution in [0.5, 0.6) is 0 Å². The molecule has 1 rings (SSSR count). The quantitative estimate of drug-likeness (QED) is 0.672. The van der Waals surface area contributed by atoms with Crippen molar-refractivity contribution in [2.45, 2.75) is 64.3 Å². The normalized spacial score (nSPS) is 20.4. The predicted molar refractivity (Wildman–Crippen MR) is 71.4 cm³/mol. The lowest BCUT2D eigenvalue weighted by Gasteiger charge is -2.27. The fraction of sp³-hybridized carbons (Fsp3) is 1.00. The number of hydrogen-bond donors (Lipinski definition) is 1. The Morgan fingerprint density at radius 2 is 1.93 bits per heavy atom. The molecule has 1 unspecified atom stereocenters. The molecule has 1 aliphatic rings. The van der Waals surface area contributed by atoms with Gasteiger partial charge in [0.15, 0.2) is 0 Å². The fourth-order valence-corrected chi connectivity index (χ4v) is 3.49. The second-order valence-corrected chi connectivity index (χ2v) is 5.99. The fourth-order valence-electron chi connectivity index (χ4n) is 2.37. The van der Waals surface area contributed by atoms with Crippen LogP contribution in [-0.2, 0) is 0 Å². The van der Waals surface area contributed by atoms with Crippen LogP contribution in [0, 0.1) is 5.92 Å². The molecule has 0 aromatic heterocycles. The molecule has 0 amide bonds. The average molecular weight is 229 g/mol. The van der Waals surface area contributed by atoms with Gasteiger partial charge in [-0.05, 0) is 30.9 Å². The van der Waals surface area contributed by atoms with Crippen LogP contribution in [-0.4, -0.2) is 17.5 Å². The number of hydrogen-bond acceptors (Lipinski definition) is 2. The summed E-state index contributed by atoms with van der Waals surface area (Å²) in [5.74, 6) is 3.33. The van der Waals surface area contributed by atoms with Crippen LogP contribution in [0.4, 0.5) is 0 Å². The van der Waals surface area contributed by atoms with E-state index in [1.807, 2.05) is 0 Å². The Kier molecular flexibility index (Phi) is 7.54. The van der Waals surface area contributed by atoms with Crippen molar-refractivity contribution < 1.29 is 0 Å². The van der Waals surface area contributed by atoms with Gasteiger partial charge in [0.1, 0.15) is 0 Å². The van der Waals surface area contributed by atoms with E-state index in [9.17, 15) is 0 Å². The van der Waals surface area contributed by atoms with Crippen molar-refractivity contribution in [3.8, 4) is 0 Å². The van der Waals surface area contributed by atoms with Gasteiger partial charge in [0.2, 0.25) is 0 Å². The van der Waals surface area contributed by atoms with Crippen LogP contribution < -0.4 is 5.73 Å². The van der Waals surface area contributed by atoms with E-state index >= 15 is 0 Å². The second kappa shape index (κ2) is 8.46. The topological polar surface area (TPSA) is 26.0 Å². The zero-order valence-corrected chi connectivity index (χ0v) is 11.0. The van der Waals surface area contributed by atoms with Gasteiger partial charge in [0.05, 0.1) is 0 Å². The van der Waals surface area contributed by atoms with E-state index in [0.29, 0.717) is 6.04 Å². The van der Waals surface area contributed by atoms with Crippen LogP contribution >= 0.6 is 11.8 Å². The van der Waals surface area contributed by atoms with Crippen LogP contribution in [0.25, 0.3) is 0 Å². The van der Waals surface area contributed by atoms with Gasteiger partial charge in [-0.3, -0.25) is 0 Å². The molecular weight excluding hydrogens is 202 g/mol. The number of rotatable bonds is 7. The maximum atomic E-state index is 6.24. The lowest BCUT2D eigenvalue weighted by atomic mass is 9.85. The highest BCUT2D eigenvalue weighted by atomic mass is 32.2. The molecule has 1 fully saturated rings. The van der Waals surface area contributed by atoms with Gasteiger partial charge in [0.25, 0.3) is 0 Å². The monoisotopic (exact) mass is 229 g/mol. The smallest absolute Gasteiger partial charge is 0.0158 e. The summed E-state index contributed by atoms with van der Waals surface area (Å²) in [7, 11) is 0. The van der Waals surface area contributed by atoms with Gasteiger partial charge in [-0.15, -0.1) is 0 Å². The third-order valence-corrected chi connectivity index (χ3v) is 4.66. The minimum Gasteiger partial charge on any atom is -0.327 e. The van der Waals surface area contributed by atoms with E-state index in [1.54, 1.807) is 0 Å². The molecule has 0 bridgehead atoms. The van der Waals surface area contributed by atoms with Crippen LogP contribution in [0.15, 0.2) is 0 Å². The molecular formula is C13H27NS. The van der Waals surface area contributed by atoms with Gasteiger partial charge < -0.3 is 5.73 Å². The SMILES string of the molecule is CCCCCSCC(N)C1CCCCC1. The van der Waals surface area contributed by atoms with Gasteiger partial charge >= 0.3 is 0 Å². The highest BCUT2D eigenvalue weighted by Crippen LogP contribution is 2.27. The summed E-state index contributed by atoms with van der Waals surface area (Å²) in [5.41, 5.74) is 6.24. The number of thioether (sulfide) groups is 1. The molecule has 0 aromatic carbocycles. The van der Waals surface area contributed by atoms with Crippen molar-refractivity contribution in [3.05, 3.63) is 0 Å². The summed E-state index contributed by atoms with van der Waals surface area (Å²) in [6.07, 6.45) is 11.1.